The Balaban J connectivity index is 2.01. The number of rotatable bonds is 4. The molecule has 1 saturated carbocycles. The van der Waals surface area contributed by atoms with Gasteiger partial charge in [0.1, 0.15) is 5.60 Å². The van der Waals surface area contributed by atoms with Crippen LogP contribution in [0.1, 0.15) is 59.8 Å². The number of ether oxygens (including phenoxy) is 1. The third-order valence-electron chi connectivity index (χ3n) is 4.28. The molecule has 1 aliphatic rings. The van der Waals surface area contributed by atoms with Crippen molar-refractivity contribution in [1.29, 1.82) is 0 Å². The molecule has 0 bridgehead atoms. The molecule has 128 valence electrons. The highest BCUT2D eigenvalue weighted by atomic mass is 16.6. The van der Waals surface area contributed by atoms with Crippen molar-refractivity contribution < 1.29 is 9.53 Å². The van der Waals surface area contributed by atoms with Gasteiger partial charge >= 0.3 is 6.09 Å². The molecule has 0 aromatic heterocycles. The van der Waals surface area contributed by atoms with Crippen LogP contribution in [-0.4, -0.2) is 17.7 Å². The number of anilines is 2. The predicted molar refractivity (Wildman–Crippen MR) is 96.0 cm³/mol. The Morgan fingerprint density at radius 1 is 1.22 bits per heavy atom. The fourth-order valence-corrected chi connectivity index (χ4v) is 3.14. The van der Waals surface area contributed by atoms with Gasteiger partial charge in [0.25, 0.3) is 0 Å². The largest absolute Gasteiger partial charge is 0.444 e. The van der Waals surface area contributed by atoms with Crippen LogP contribution in [0.15, 0.2) is 24.3 Å². The lowest BCUT2D eigenvalue weighted by atomic mass is 9.84. The van der Waals surface area contributed by atoms with E-state index in [1.54, 1.807) is 0 Å². The maximum absolute atomic E-state index is 12.0. The summed E-state index contributed by atoms with van der Waals surface area (Å²) >= 11 is 0. The first-order chi connectivity index (χ1) is 10.9. The van der Waals surface area contributed by atoms with Crippen molar-refractivity contribution in [3.8, 4) is 0 Å². The number of amides is 1. The first-order valence-corrected chi connectivity index (χ1v) is 8.73. The van der Waals surface area contributed by atoms with E-state index in [4.69, 9.17) is 4.74 Å². The van der Waals surface area contributed by atoms with E-state index in [0.717, 1.165) is 17.3 Å². The van der Waals surface area contributed by atoms with Crippen LogP contribution in [0.25, 0.3) is 0 Å². The second-order valence-electron chi connectivity index (χ2n) is 7.45. The predicted octanol–water partition coefficient (Wildman–Crippen LogP) is 5.41. The summed E-state index contributed by atoms with van der Waals surface area (Å²) < 4.78 is 5.34. The van der Waals surface area contributed by atoms with Crippen LogP contribution in [0.2, 0.25) is 0 Å². The van der Waals surface area contributed by atoms with Gasteiger partial charge < -0.3 is 10.1 Å². The lowest BCUT2D eigenvalue weighted by Gasteiger charge is -2.30. The van der Waals surface area contributed by atoms with Gasteiger partial charge in [-0.3, -0.25) is 5.32 Å². The van der Waals surface area contributed by atoms with Crippen molar-refractivity contribution >= 4 is 17.5 Å². The number of carbonyl (C=O) groups is 1. The minimum Gasteiger partial charge on any atom is -0.444 e. The zero-order valence-corrected chi connectivity index (χ0v) is 14.8. The van der Waals surface area contributed by atoms with Crippen molar-refractivity contribution in [2.75, 3.05) is 10.6 Å². The van der Waals surface area contributed by atoms with Crippen LogP contribution in [0.3, 0.4) is 0 Å². The van der Waals surface area contributed by atoms with Gasteiger partial charge in [-0.05, 0) is 51.7 Å². The summed E-state index contributed by atoms with van der Waals surface area (Å²) in [5.74, 6) is 0.812. The second-order valence-corrected chi connectivity index (χ2v) is 7.45. The van der Waals surface area contributed by atoms with Crippen molar-refractivity contribution in [1.82, 2.24) is 0 Å². The molecule has 4 nitrogen and oxygen atoms in total. The van der Waals surface area contributed by atoms with Crippen molar-refractivity contribution in [2.24, 2.45) is 5.92 Å². The highest BCUT2D eigenvalue weighted by molar-refractivity contribution is 5.89. The van der Waals surface area contributed by atoms with Gasteiger partial charge in [-0.25, -0.2) is 4.79 Å². The first-order valence-electron chi connectivity index (χ1n) is 8.73. The molecule has 1 aromatic carbocycles. The van der Waals surface area contributed by atoms with E-state index in [9.17, 15) is 4.79 Å². The number of para-hydroxylation sites is 2. The molecule has 1 amide bonds. The third kappa shape index (κ3) is 5.77. The molecule has 1 fully saturated rings. The first kappa shape index (κ1) is 17.6. The SMILES string of the molecule is CCC1CCCC(Nc2ccccc2NC(=O)OC(C)(C)C)C1. The smallest absolute Gasteiger partial charge is 0.412 e. The Morgan fingerprint density at radius 3 is 2.57 bits per heavy atom. The number of hydrogen-bond acceptors (Lipinski definition) is 3. The summed E-state index contributed by atoms with van der Waals surface area (Å²) in [6.45, 7) is 7.86. The normalized spacial score (nSPS) is 21.6. The quantitative estimate of drug-likeness (QED) is 0.780. The molecular weight excluding hydrogens is 288 g/mol. The van der Waals surface area contributed by atoms with Crippen molar-refractivity contribution in [2.45, 2.75) is 71.4 Å². The van der Waals surface area contributed by atoms with Crippen LogP contribution >= 0.6 is 0 Å². The average Bonchev–Trinajstić information content (AvgIpc) is 2.47. The molecule has 2 unspecified atom stereocenters. The van der Waals surface area contributed by atoms with Crippen LogP contribution < -0.4 is 10.6 Å². The van der Waals surface area contributed by atoms with E-state index >= 15 is 0 Å². The zero-order chi connectivity index (χ0) is 16.9. The second kappa shape index (κ2) is 7.71. The Hall–Kier alpha value is -1.71. The summed E-state index contributed by atoms with van der Waals surface area (Å²) in [6, 6.07) is 8.32. The van der Waals surface area contributed by atoms with Crippen LogP contribution in [0.5, 0.6) is 0 Å². The monoisotopic (exact) mass is 318 g/mol. The molecule has 4 heteroatoms. The van der Waals surface area contributed by atoms with Gasteiger partial charge in [-0.15, -0.1) is 0 Å². The molecule has 2 rings (SSSR count). The van der Waals surface area contributed by atoms with Crippen molar-refractivity contribution in [3.05, 3.63) is 24.3 Å². The van der Waals surface area contributed by atoms with Gasteiger partial charge in [0.15, 0.2) is 0 Å². The van der Waals surface area contributed by atoms with E-state index in [0.29, 0.717) is 6.04 Å². The minimum absolute atomic E-state index is 0.415. The maximum Gasteiger partial charge on any atom is 0.412 e. The summed E-state index contributed by atoms with van der Waals surface area (Å²) in [7, 11) is 0. The standard InChI is InChI=1S/C19H30N2O2/c1-5-14-9-8-10-15(13-14)20-16-11-6-7-12-17(16)21-18(22)23-19(2,3)4/h6-7,11-12,14-15,20H,5,8-10,13H2,1-4H3,(H,21,22). The Morgan fingerprint density at radius 2 is 1.91 bits per heavy atom. The molecule has 0 saturated heterocycles. The molecule has 23 heavy (non-hydrogen) atoms. The summed E-state index contributed by atoms with van der Waals surface area (Å²) in [5, 5.41) is 6.47. The molecule has 1 aromatic rings. The van der Waals surface area contributed by atoms with Gasteiger partial charge in [0, 0.05) is 6.04 Å². The lowest BCUT2D eigenvalue weighted by molar-refractivity contribution is 0.0636. The zero-order valence-electron chi connectivity index (χ0n) is 14.8. The van der Waals surface area contributed by atoms with Crippen LogP contribution in [-0.2, 0) is 4.74 Å². The lowest BCUT2D eigenvalue weighted by Crippen LogP contribution is -2.29. The number of nitrogens with one attached hydrogen (secondary N) is 2. The molecule has 0 aliphatic heterocycles. The number of carbonyl (C=O) groups excluding carboxylic acids is 1. The molecule has 0 spiro atoms. The fraction of sp³-hybridized carbons (Fsp3) is 0.632. The average molecular weight is 318 g/mol. The molecule has 0 radical (unpaired) electrons. The molecule has 0 heterocycles. The van der Waals surface area contributed by atoms with E-state index < -0.39 is 11.7 Å². The van der Waals surface area contributed by atoms with Crippen molar-refractivity contribution in [3.63, 3.8) is 0 Å². The topological polar surface area (TPSA) is 50.4 Å². The Kier molecular flexibility index (Phi) is 5.91. The number of benzene rings is 1. The van der Waals surface area contributed by atoms with E-state index in [2.05, 4.69) is 17.6 Å². The van der Waals surface area contributed by atoms with Crippen LogP contribution in [0, 0.1) is 5.92 Å². The summed E-state index contributed by atoms with van der Waals surface area (Å²) in [4.78, 5) is 12.0. The molecule has 2 N–H and O–H groups in total. The van der Waals surface area contributed by atoms with E-state index in [-0.39, 0.29) is 0 Å². The number of hydrogen-bond donors (Lipinski definition) is 2. The van der Waals surface area contributed by atoms with E-state index in [1.807, 2.05) is 45.0 Å². The Labute approximate surface area is 140 Å². The van der Waals surface area contributed by atoms with E-state index in [1.165, 1.54) is 32.1 Å². The molecular formula is C19H30N2O2. The Bertz CT molecular complexity index is 522. The summed E-state index contributed by atoms with van der Waals surface area (Å²) in [5.41, 5.74) is 1.25. The van der Waals surface area contributed by atoms with Gasteiger partial charge in [-0.2, -0.15) is 0 Å². The van der Waals surface area contributed by atoms with Crippen LogP contribution in [0.4, 0.5) is 16.2 Å². The fourth-order valence-electron chi connectivity index (χ4n) is 3.14. The minimum atomic E-state index is -0.496. The van der Waals surface area contributed by atoms with Gasteiger partial charge in [-0.1, -0.05) is 38.3 Å². The highest BCUT2D eigenvalue weighted by Crippen LogP contribution is 2.31. The highest BCUT2D eigenvalue weighted by Gasteiger charge is 2.22. The summed E-state index contributed by atoms with van der Waals surface area (Å²) in [6.07, 6.45) is 5.84. The maximum atomic E-state index is 12.0. The van der Waals surface area contributed by atoms with Gasteiger partial charge in [0.05, 0.1) is 11.4 Å². The third-order valence-corrected chi connectivity index (χ3v) is 4.28. The van der Waals surface area contributed by atoms with Gasteiger partial charge in [0.2, 0.25) is 0 Å². The molecule has 2 atom stereocenters. The molecule has 1 aliphatic carbocycles.